The summed E-state index contributed by atoms with van der Waals surface area (Å²) in [6.07, 6.45) is 7.50. The van der Waals surface area contributed by atoms with E-state index in [2.05, 4.69) is 23.7 Å². The Bertz CT molecular complexity index is 504. The maximum absolute atomic E-state index is 11.2. The molecule has 0 spiro atoms. The largest absolute Gasteiger partial charge is 0.366 e. The SMILES string of the molecule is CC(C)CCC1CCCCN1c1ncc(C(N)=O)cc1Cl. The number of primary amides is 1. The highest BCUT2D eigenvalue weighted by Gasteiger charge is 2.25. The van der Waals surface area contributed by atoms with Crippen molar-refractivity contribution in [3.05, 3.63) is 22.8 Å². The standard InChI is InChI=1S/C16H24ClN3O/c1-11(2)6-7-13-5-3-4-8-20(13)16-14(17)9-12(10-19-16)15(18)21/h9-11,13H,3-8H2,1-2H3,(H2,18,21). The normalized spacial score (nSPS) is 19.0. The van der Waals surface area contributed by atoms with Crippen molar-refractivity contribution in [1.29, 1.82) is 0 Å². The molecule has 1 saturated heterocycles. The second-order valence-corrected chi connectivity index (χ2v) is 6.62. The minimum Gasteiger partial charge on any atom is -0.366 e. The van der Waals surface area contributed by atoms with Crippen LogP contribution in [0.4, 0.5) is 5.82 Å². The van der Waals surface area contributed by atoms with Crippen molar-refractivity contribution in [1.82, 2.24) is 4.98 Å². The summed E-state index contributed by atoms with van der Waals surface area (Å²) in [6.45, 7) is 5.48. The molecule has 5 heteroatoms. The van der Waals surface area contributed by atoms with Crippen molar-refractivity contribution in [3.8, 4) is 0 Å². The number of nitrogens with two attached hydrogens (primary N) is 1. The highest BCUT2D eigenvalue weighted by atomic mass is 35.5. The highest BCUT2D eigenvalue weighted by Crippen LogP contribution is 2.31. The number of carbonyl (C=O) groups is 1. The Hall–Kier alpha value is -1.29. The lowest BCUT2D eigenvalue weighted by Crippen LogP contribution is -2.40. The van der Waals surface area contributed by atoms with Crippen LogP contribution in [0, 0.1) is 5.92 Å². The molecule has 2 N–H and O–H groups in total. The molecular weight excluding hydrogens is 286 g/mol. The van der Waals surface area contributed by atoms with Crippen LogP contribution in [0.15, 0.2) is 12.3 Å². The molecule has 1 atom stereocenters. The number of carbonyl (C=O) groups excluding carboxylic acids is 1. The Morgan fingerprint density at radius 3 is 2.90 bits per heavy atom. The predicted octanol–water partition coefficient (Wildman–Crippen LogP) is 3.63. The second-order valence-electron chi connectivity index (χ2n) is 6.21. The second kappa shape index (κ2) is 7.12. The number of hydrogen-bond acceptors (Lipinski definition) is 3. The molecule has 1 fully saturated rings. The van der Waals surface area contributed by atoms with Gasteiger partial charge in [-0.2, -0.15) is 0 Å². The fourth-order valence-electron chi connectivity index (χ4n) is 2.88. The van der Waals surface area contributed by atoms with Gasteiger partial charge in [0.25, 0.3) is 0 Å². The van der Waals surface area contributed by atoms with Crippen LogP contribution in [0.2, 0.25) is 5.02 Å². The first kappa shape index (κ1) is 16.1. The lowest BCUT2D eigenvalue weighted by atomic mass is 9.95. The average molecular weight is 310 g/mol. The predicted molar refractivity (Wildman–Crippen MR) is 86.8 cm³/mol. The van der Waals surface area contributed by atoms with Gasteiger partial charge in [-0.1, -0.05) is 25.4 Å². The number of hydrogen-bond donors (Lipinski definition) is 1. The van der Waals surface area contributed by atoms with Crippen LogP contribution in [0.5, 0.6) is 0 Å². The van der Waals surface area contributed by atoms with E-state index < -0.39 is 5.91 Å². The molecule has 21 heavy (non-hydrogen) atoms. The Morgan fingerprint density at radius 1 is 1.52 bits per heavy atom. The van der Waals surface area contributed by atoms with E-state index in [1.807, 2.05) is 0 Å². The first-order chi connectivity index (χ1) is 9.99. The summed E-state index contributed by atoms with van der Waals surface area (Å²) in [6, 6.07) is 2.12. The zero-order valence-electron chi connectivity index (χ0n) is 12.8. The van der Waals surface area contributed by atoms with Crippen LogP contribution in [-0.2, 0) is 0 Å². The maximum Gasteiger partial charge on any atom is 0.250 e. The van der Waals surface area contributed by atoms with Gasteiger partial charge in [-0.25, -0.2) is 4.98 Å². The molecule has 0 aliphatic carbocycles. The van der Waals surface area contributed by atoms with Gasteiger partial charge >= 0.3 is 0 Å². The number of amides is 1. The molecule has 1 amide bonds. The number of anilines is 1. The van der Waals surface area contributed by atoms with Crippen LogP contribution in [-0.4, -0.2) is 23.5 Å². The van der Waals surface area contributed by atoms with Crippen LogP contribution >= 0.6 is 11.6 Å². The van der Waals surface area contributed by atoms with Crippen molar-refractivity contribution in [2.45, 2.75) is 52.0 Å². The summed E-state index contributed by atoms with van der Waals surface area (Å²) >= 11 is 6.32. The first-order valence-corrected chi connectivity index (χ1v) is 8.09. The number of nitrogens with zero attached hydrogens (tertiary/aromatic N) is 2. The van der Waals surface area contributed by atoms with Crippen molar-refractivity contribution in [3.63, 3.8) is 0 Å². The van der Waals surface area contributed by atoms with Gasteiger partial charge in [0, 0.05) is 18.8 Å². The minimum atomic E-state index is -0.494. The quantitative estimate of drug-likeness (QED) is 0.903. The molecule has 116 valence electrons. The molecule has 1 aliphatic rings. The molecule has 0 radical (unpaired) electrons. The molecule has 1 aromatic rings. The molecular formula is C16H24ClN3O. The van der Waals surface area contributed by atoms with E-state index in [9.17, 15) is 4.79 Å². The third-order valence-corrected chi connectivity index (χ3v) is 4.36. The van der Waals surface area contributed by atoms with Gasteiger partial charge in [0.05, 0.1) is 10.6 Å². The van der Waals surface area contributed by atoms with E-state index in [1.54, 1.807) is 6.07 Å². The minimum absolute atomic E-state index is 0.361. The Labute approximate surface area is 131 Å². The first-order valence-electron chi connectivity index (χ1n) is 7.71. The molecule has 1 unspecified atom stereocenters. The van der Waals surface area contributed by atoms with Crippen molar-refractivity contribution in [2.24, 2.45) is 11.7 Å². The van der Waals surface area contributed by atoms with E-state index in [4.69, 9.17) is 17.3 Å². The van der Waals surface area contributed by atoms with Crippen LogP contribution in [0.3, 0.4) is 0 Å². The topological polar surface area (TPSA) is 59.2 Å². The van der Waals surface area contributed by atoms with Crippen molar-refractivity contribution >= 4 is 23.3 Å². The van der Waals surface area contributed by atoms with E-state index in [1.165, 1.54) is 25.5 Å². The molecule has 2 rings (SSSR count). The van der Waals surface area contributed by atoms with Crippen LogP contribution in [0.1, 0.15) is 56.3 Å². The lowest BCUT2D eigenvalue weighted by molar-refractivity contribution is 0.1000. The fourth-order valence-corrected chi connectivity index (χ4v) is 3.16. The molecule has 4 nitrogen and oxygen atoms in total. The van der Waals surface area contributed by atoms with E-state index >= 15 is 0 Å². The maximum atomic E-state index is 11.2. The average Bonchev–Trinajstić information content (AvgIpc) is 2.45. The van der Waals surface area contributed by atoms with Gasteiger partial charge in [-0.3, -0.25) is 4.79 Å². The number of piperidine rings is 1. The van der Waals surface area contributed by atoms with Crippen molar-refractivity contribution in [2.75, 3.05) is 11.4 Å². The third kappa shape index (κ3) is 4.10. The zero-order valence-corrected chi connectivity index (χ0v) is 13.6. The molecule has 2 heterocycles. The molecule has 1 aliphatic heterocycles. The highest BCUT2D eigenvalue weighted by molar-refractivity contribution is 6.33. The zero-order chi connectivity index (χ0) is 15.4. The van der Waals surface area contributed by atoms with E-state index in [0.717, 1.165) is 25.2 Å². The number of rotatable bonds is 5. The molecule has 0 aromatic carbocycles. The lowest BCUT2D eigenvalue weighted by Gasteiger charge is -2.37. The van der Waals surface area contributed by atoms with Crippen LogP contribution < -0.4 is 10.6 Å². The summed E-state index contributed by atoms with van der Waals surface area (Å²) < 4.78 is 0. The monoisotopic (exact) mass is 309 g/mol. The fraction of sp³-hybridized carbons (Fsp3) is 0.625. The van der Waals surface area contributed by atoms with Crippen LogP contribution in [0.25, 0.3) is 0 Å². The Balaban J connectivity index is 2.18. The Kier molecular flexibility index (Phi) is 5.45. The summed E-state index contributed by atoms with van der Waals surface area (Å²) in [5.74, 6) is 0.996. The third-order valence-electron chi connectivity index (χ3n) is 4.08. The summed E-state index contributed by atoms with van der Waals surface area (Å²) in [7, 11) is 0. The summed E-state index contributed by atoms with van der Waals surface area (Å²) in [4.78, 5) is 17.9. The van der Waals surface area contributed by atoms with Gasteiger partial charge in [0.15, 0.2) is 0 Å². The van der Waals surface area contributed by atoms with Gasteiger partial charge < -0.3 is 10.6 Å². The van der Waals surface area contributed by atoms with E-state index in [-0.39, 0.29) is 0 Å². The van der Waals surface area contributed by atoms with Gasteiger partial charge in [0.2, 0.25) is 5.91 Å². The summed E-state index contributed by atoms with van der Waals surface area (Å²) in [5, 5.41) is 0.516. The number of halogens is 1. The molecule has 1 aromatic heterocycles. The Morgan fingerprint density at radius 2 is 2.29 bits per heavy atom. The van der Waals surface area contributed by atoms with Gasteiger partial charge in [0.1, 0.15) is 5.82 Å². The van der Waals surface area contributed by atoms with Crippen molar-refractivity contribution < 1.29 is 4.79 Å². The molecule has 0 bridgehead atoms. The summed E-state index contributed by atoms with van der Waals surface area (Å²) in [5.41, 5.74) is 5.63. The number of pyridine rings is 1. The smallest absolute Gasteiger partial charge is 0.250 e. The number of aromatic nitrogens is 1. The molecule has 0 saturated carbocycles. The van der Waals surface area contributed by atoms with Gasteiger partial charge in [-0.05, 0) is 44.1 Å². The van der Waals surface area contributed by atoms with Gasteiger partial charge in [-0.15, -0.1) is 0 Å². The van der Waals surface area contributed by atoms with E-state index in [0.29, 0.717) is 22.5 Å².